The van der Waals surface area contributed by atoms with Gasteiger partial charge in [0.2, 0.25) is 5.91 Å². The van der Waals surface area contributed by atoms with E-state index in [1.54, 1.807) is 7.11 Å². The molecule has 2 atom stereocenters. The van der Waals surface area contributed by atoms with Crippen molar-refractivity contribution in [3.63, 3.8) is 0 Å². The van der Waals surface area contributed by atoms with Crippen molar-refractivity contribution in [1.29, 1.82) is 0 Å². The summed E-state index contributed by atoms with van der Waals surface area (Å²) in [5, 5.41) is 3.32. The third kappa shape index (κ3) is 2.61. The Bertz CT molecular complexity index is 285. The Kier molecular flexibility index (Phi) is 4.01. The average molecular weight is 241 g/mol. The standard InChI is InChI=1S/C12H23N3O2/c1-17-8-5-14-12(11(13)16)4-7-15-6-2-3-10(15)9-12/h10,14H,2-9H2,1H3,(H2,13,16). The van der Waals surface area contributed by atoms with Gasteiger partial charge in [0.25, 0.3) is 0 Å². The zero-order valence-corrected chi connectivity index (χ0v) is 10.6. The van der Waals surface area contributed by atoms with Crippen LogP contribution in [0.4, 0.5) is 0 Å². The van der Waals surface area contributed by atoms with Crippen molar-refractivity contribution in [2.75, 3.05) is 33.4 Å². The van der Waals surface area contributed by atoms with Crippen molar-refractivity contribution in [3.8, 4) is 0 Å². The number of nitrogens with one attached hydrogen (secondary N) is 1. The molecule has 2 rings (SSSR count). The van der Waals surface area contributed by atoms with Gasteiger partial charge in [0.05, 0.1) is 6.61 Å². The van der Waals surface area contributed by atoms with Gasteiger partial charge in [0.1, 0.15) is 5.54 Å². The van der Waals surface area contributed by atoms with Crippen LogP contribution in [0, 0.1) is 0 Å². The second kappa shape index (κ2) is 5.33. The number of piperidine rings is 1. The number of primary amides is 1. The molecule has 17 heavy (non-hydrogen) atoms. The number of fused-ring (bicyclic) bond motifs is 1. The largest absolute Gasteiger partial charge is 0.383 e. The second-order valence-corrected chi connectivity index (χ2v) is 5.15. The molecule has 0 aliphatic carbocycles. The second-order valence-electron chi connectivity index (χ2n) is 5.15. The molecule has 2 unspecified atom stereocenters. The maximum Gasteiger partial charge on any atom is 0.237 e. The lowest BCUT2D eigenvalue weighted by Crippen LogP contribution is -2.62. The third-order valence-corrected chi connectivity index (χ3v) is 4.15. The first-order valence-corrected chi connectivity index (χ1v) is 6.46. The molecule has 5 heteroatoms. The van der Waals surface area contributed by atoms with E-state index in [0.29, 0.717) is 19.2 Å². The lowest BCUT2D eigenvalue weighted by atomic mass is 9.82. The van der Waals surface area contributed by atoms with E-state index in [0.717, 1.165) is 19.4 Å². The highest BCUT2D eigenvalue weighted by atomic mass is 16.5. The fourth-order valence-electron chi connectivity index (χ4n) is 3.12. The predicted molar refractivity (Wildman–Crippen MR) is 65.6 cm³/mol. The fraction of sp³-hybridized carbons (Fsp3) is 0.917. The van der Waals surface area contributed by atoms with Crippen molar-refractivity contribution in [2.45, 2.75) is 37.3 Å². The van der Waals surface area contributed by atoms with Gasteiger partial charge in [-0.2, -0.15) is 0 Å². The van der Waals surface area contributed by atoms with Crippen molar-refractivity contribution < 1.29 is 9.53 Å². The maximum atomic E-state index is 11.8. The Morgan fingerprint density at radius 2 is 2.41 bits per heavy atom. The molecule has 0 aromatic carbocycles. The lowest BCUT2D eigenvalue weighted by Gasteiger charge is -2.42. The van der Waals surface area contributed by atoms with Crippen LogP contribution < -0.4 is 11.1 Å². The molecule has 0 bridgehead atoms. The molecule has 1 amide bonds. The molecule has 98 valence electrons. The molecular formula is C12H23N3O2. The van der Waals surface area contributed by atoms with Crippen LogP contribution in [-0.4, -0.2) is 55.7 Å². The summed E-state index contributed by atoms with van der Waals surface area (Å²) < 4.78 is 5.02. The highest BCUT2D eigenvalue weighted by molar-refractivity contribution is 5.85. The van der Waals surface area contributed by atoms with Crippen LogP contribution in [-0.2, 0) is 9.53 Å². The van der Waals surface area contributed by atoms with E-state index in [2.05, 4.69) is 10.2 Å². The molecule has 5 nitrogen and oxygen atoms in total. The quantitative estimate of drug-likeness (QED) is 0.649. The molecular weight excluding hydrogens is 218 g/mol. The Hall–Kier alpha value is -0.650. The van der Waals surface area contributed by atoms with Gasteiger partial charge in [-0.25, -0.2) is 0 Å². The highest BCUT2D eigenvalue weighted by Gasteiger charge is 2.44. The van der Waals surface area contributed by atoms with Crippen LogP contribution >= 0.6 is 0 Å². The molecule has 3 N–H and O–H groups in total. The number of nitrogens with two attached hydrogens (primary N) is 1. The van der Waals surface area contributed by atoms with E-state index in [1.807, 2.05) is 0 Å². The van der Waals surface area contributed by atoms with Crippen molar-refractivity contribution >= 4 is 5.91 Å². The summed E-state index contributed by atoms with van der Waals surface area (Å²) in [7, 11) is 1.66. The number of rotatable bonds is 5. The molecule has 0 aromatic heterocycles. The first-order chi connectivity index (χ1) is 8.18. The van der Waals surface area contributed by atoms with E-state index in [-0.39, 0.29) is 5.91 Å². The number of hydrogen-bond acceptors (Lipinski definition) is 4. The number of amides is 1. The van der Waals surface area contributed by atoms with Gasteiger partial charge in [0.15, 0.2) is 0 Å². The van der Waals surface area contributed by atoms with E-state index in [9.17, 15) is 4.79 Å². The van der Waals surface area contributed by atoms with Gasteiger partial charge in [-0.05, 0) is 32.2 Å². The molecule has 2 aliphatic heterocycles. The minimum absolute atomic E-state index is 0.208. The van der Waals surface area contributed by atoms with E-state index < -0.39 is 5.54 Å². The molecule has 2 heterocycles. The molecule has 2 fully saturated rings. The number of methoxy groups -OCH3 is 1. The van der Waals surface area contributed by atoms with Gasteiger partial charge in [-0.15, -0.1) is 0 Å². The van der Waals surface area contributed by atoms with Crippen LogP contribution in [0.1, 0.15) is 25.7 Å². The molecule has 2 saturated heterocycles. The van der Waals surface area contributed by atoms with Gasteiger partial charge in [-0.1, -0.05) is 0 Å². The van der Waals surface area contributed by atoms with Gasteiger partial charge < -0.3 is 20.7 Å². The number of carbonyl (C=O) groups is 1. The maximum absolute atomic E-state index is 11.8. The minimum Gasteiger partial charge on any atom is -0.383 e. The Morgan fingerprint density at radius 1 is 1.59 bits per heavy atom. The zero-order valence-electron chi connectivity index (χ0n) is 10.6. The van der Waals surface area contributed by atoms with Gasteiger partial charge in [0, 0.05) is 26.2 Å². The summed E-state index contributed by atoms with van der Waals surface area (Å²) in [5.74, 6) is -0.208. The lowest BCUT2D eigenvalue weighted by molar-refractivity contribution is -0.127. The van der Waals surface area contributed by atoms with Crippen molar-refractivity contribution in [3.05, 3.63) is 0 Å². The first kappa shape index (κ1) is 12.8. The van der Waals surface area contributed by atoms with Crippen LogP contribution in [0.25, 0.3) is 0 Å². The SMILES string of the molecule is COCCNC1(C(N)=O)CCN2CCCC2C1. The highest BCUT2D eigenvalue weighted by Crippen LogP contribution is 2.32. The van der Waals surface area contributed by atoms with Crippen LogP contribution in [0.2, 0.25) is 0 Å². The van der Waals surface area contributed by atoms with E-state index in [4.69, 9.17) is 10.5 Å². The number of nitrogens with zero attached hydrogens (tertiary/aromatic N) is 1. The fourth-order valence-corrected chi connectivity index (χ4v) is 3.12. The topological polar surface area (TPSA) is 67.6 Å². The van der Waals surface area contributed by atoms with Crippen molar-refractivity contribution in [1.82, 2.24) is 10.2 Å². The zero-order chi connectivity index (χ0) is 12.3. The number of ether oxygens (including phenoxy) is 1. The van der Waals surface area contributed by atoms with Crippen LogP contribution in [0.5, 0.6) is 0 Å². The average Bonchev–Trinajstić information content (AvgIpc) is 2.76. The Morgan fingerprint density at radius 3 is 3.12 bits per heavy atom. The Balaban J connectivity index is 1.99. The smallest absolute Gasteiger partial charge is 0.237 e. The number of hydrogen-bond donors (Lipinski definition) is 2. The molecule has 0 aromatic rings. The normalized spacial score (nSPS) is 33.6. The summed E-state index contributed by atoms with van der Waals surface area (Å²) in [6, 6.07) is 0.534. The molecule has 0 radical (unpaired) electrons. The van der Waals surface area contributed by atoms with Gasteiger partial charge >= 0.3 is 0 Å². The third-order valence-electron chi connectivity index (χ3n) is 4.15. The van der Waals surface area contributed by atoms with E-state index >= 15 is 0 Å². The number of carbonyl (C=O) groups excluding carboxylic acids is 1. The summed E-state index contributed by atoms with van der Waals surface area (Å²) in [6.45, 7) is 3.46. The summed E-state index contributed by atoms with van der Waals surface area (Å²) >= 11 is 0. The van der Waals surface area contributed by atoms with Gasteiger partial charge in [-0.3, -0.25) is 4.79 Å². The summed E-state index contributed by atoms with van der Waals surface area (Å²) in [6.07, 6.45) is 4.12. The molecule has 0 spiro atoms. The van der Waals surface area contributed by atoms with Crippen LogP contribution in [0.15, 0.2) is 0 Å². The van der Waals surface area contributed by atoms with Crippen molar-refractivity contribution in [2.24, 2.45) is 5.73 Å². The Labute approximate surface area is 103 Å². The molecule has 2 aliphatic rings. The van der Waals surface area contributed by atoms with E-state index in [1.165, 1.54) is 19.4 Å². The summed E-state index contributed by atoms with van der Waals surface area (Å²) in [5.41, 5.74) is 5.10. The summed E-state index contributed by atoms with van der Waals surface area (Å²) in [4.78, 5) is 14.2. The first-order valence-electron chi connectivity index (χ1n) is 6.46. The predicted octanol–water partition coefficient (Wildman–Crippen LogP) is -0.295. The monoisotopic (exact) mass is 241 g/mol. The van der Waals surface area contributed by atoms with Crippen LogP contribution in [0.3, 0.4) is 0 Å². The molecule has 0 saturated carbocycles. The minimum atomic E-state index is -0.510.